The van der Waals surface area contributed by atoms with Crippen molar-refractivity contribution < 1.29 is 14.4 Å². The van der Waals surface area contributed by atoms with Gasteiger partial charge in [-0.15, -0.1) is 0 Å². The van der Waals surface area contributed by atoms with E-state index in [0.717, 1.165) is 18.4 Å². The third kappa shape index (κ3) is 3.45. The van der Waals surface area contributed by atoms with Gasteiger partial charge in [-0.2, -0.15) is 0 Å². The van der Waals surface area contributed by atoms with Crippen LogP contribution in [0, 0.1) is 23.7 Å². The van der Waals surface area contributed by atoms with Crippen LogP contribution in [0.15, 0.2) is 42.5 Å². The van der Waals surface area contributed by atoms with Crippen molar-refractivity contribution in [3.63, 3.8) is 0 Å². The Morgan fingerprint density at radius 1 is 1.03 bits per heavy atom. The predicted molar refractivity (Wildman–Crippen MR) is 110 cm³/mol. The van der Waals surface area contributed by atoms with Crippen LogP contribution in [0.4, 0.5) is 4.79 Å². The first-order valence-corrected chi connectivity index (χ1v) is 10.7. The molecular formula is C23H29N3O3. The van der Waals surface area contributed by atoms with Crippen LogP contribution in [-0.4, -0.2) is 46.9 Å². The van der Waals surface area contributed by atoms with Gasteiger partial charge < -0.3 is 10.2 Å². The molecule has 0 spiro atoms. The number of allylic oxidation sites excluding steroid dienone is 2. The molecule has 154 valence electrons. The summed E-state index contributed by atoms with van der Waals surface area (Å²) < 4.78 is 0. The van der Waals surface area contributed by atoms with Crippen molar-refractivity contribution in [1.82, 2.24) is 15.1 Å². The van der Waals surface area contributed by atoms with E-state index in [2.05, 4.69) is 17.5 Å². The van der Waals surface area contributed by atoms with Crippen LogP contribution in [0.2, 0.25) is 0 Å². The minimum Gasteiger partial charge on any atom is -0.325 e. The van der Waals surface area contributed by atoms with Gasteiger partial charge in [-0.25, -0.2) is 4.79 Å². The monoisotopic (exact) mass is 395 g/mol. The molecule has 1 heterocycles. The normalized spacial score (nSPS) is 28.4. The summed E-state index contributed by atoms with van der Waals surface area (Å²) in [6.45, 7) is 4.97. The third-order valence-corrected chi connectivity index (χ3v) is 6.72. The number of amides is 4. The minimum atomic E-state index is -0.671. The maximum absolute atomic E-state index is 13.4. The molecule has 5 atom stereocenters. The second-order valence-corrected chi connectivity index (χ2v) is 8.22. The zero-order valence-corrected chi connectivity index (χ0v) is 17.1. The zero-order chi connectivity index (χ0) is 20.5. The molecule has 4 aliphatic rings. The Morgan fingerprint density at radius 3 is 2.07 bits per heavy atom. The lowest BCUT2D eigenvalue weighted by Gasteiger charge is -2.38. The number of carbonyl (C=O) groups is 3. The number of urea groups is 1. The lowest BCUT2D eigenvalue weighted by molar-refractivity contribution is -0.143. The molecule has 0 aromatic heterocycles. The Hall–Kier alpha value is -2.63. The lowest BCUT2D eigenvalue weighted by Crippen LogP contribution is -2.55. The van der Waals surface area contributed by atoms with Gasteiger partial charge in [-0.3, -0.25) is 14.5 Å². The van der Waals surface area contributed by atoms with Gasteiger partial charge in [-0.1, -0.05) is 42.5 Å². The first kappa shape index (κ1) is 19.7. The molecular weight excluding hydrogens is 366 g/mol. The van der Waals surface area contributed by atoms with Gasteiger partial charge in [0.25, 0.3) is 0 Å². The number of nitrogens with zero attached hydrogens (tertiary/aromatic N) is 2. The lowest BCUT2D eigenvalue weighted by atomic mass is 9.63. The fourth-order valence-electron chi connectivity index (χ4n) is 5.19. The van der Waals surface area contributed by atoms with E-state index in [-0.39, 0.29) is 41.5 Å². The van der Waals surface area contributed by atoms with Gasteiger partial charge in [0.1, 0.15) is 6.17 Å². The van der Waals surface area contributed by atoms with Crippen LogP contribution >= 0.6 is 0 Å². The quantitative estimate of drug-likeness (QED) is 0.595. The van der Waals surface area contributed by atoms with Crippen molar-refractivity contribution in [2.24, 2.45) is 23.7 Å². The average molecular weight is 396 g/mol. The molecule has 4 amide bonds. The van der Waals surface area contributed by atoms with Crippen LogP contribution in [-0.2, 0) is 16.0 Å². The number of hydrogen-bond acceptors (Lipinski definition) is 3. The van der Waals surface area contributed by atoms with Crippen molar-refractivity contribution in [3.05, 3.63) is 48.0 Å². The molecule has 1 aliphatic heterocycles. The van der Waals surface area contributed by atoms with Gasteiger partial charge in [0.15, 0.2) is 0 Å². The molecule has 6 heteroatoms. The molecule has 1 aromatic carbocycles. The molecule has 2 fully saturated rings. The number of nitrogens with one attached hydrogen (secondary N) is 1. The molecule has 0 unspecified atom stereocenters. The SMILES string of the molecule is CCN(CC)C(=O)N[C@@H](Cc1ccccc1)N1C(=O)[C@@H]2[C@H](C1=O)[C@H]1C=C[C@H]2CC1. The number of imide groups is 1. The van der Waals surface area contributed by atoms with E-state index in [9.17, 15) is 14.4 Å². The van der Waals surface area contributed by atoms with E-state index in [1.807, 2.05) is 44.2 Å². The van der Waals surface area contributed by atoms with Crippen molar-refractivity contribution in [2.45, 2.75) is 39.3 Å². The maximum Gasteiger partial charge on any atom is 0.319 e. The molecule has 29 heavy (non-hydrogen) atoms. The maximum atomic E-state index is 13.4. The van der Waals surface area contributed by atoms with Gasteiger partial charge >= 0.3 is 6.03 Å². The van der Waals surface area contributed by atoms with Gasteiger partial charge in [-0.05, 0) is 44.1 Å². The third-order valence-electron chi connectivity index (χ3n) is 6.72. The summed E-state index contributed by atoms with van der Waals surface area (Å²) in [5.41, 5.74) is 0.980. The first-order chi connectivity index (χ1) is 14.0. The van der Waals surface area contributed by atoms with E-state index in [1.165, 1.54) is 4.90 Å². The number of rotatable bonds is 6. The second-order valence-electron chi connectivity index (χ2n) is 8.22. The molecule has 3 aliphatic carbocycles. The summed E-state index contributed by atoms with van der Waals surface area (Å²) in [6.07, 6.45) is 5.90. The molecule has 1 aromatic rings. The van der Waals surface area contributed by atoms with Crippen LogP contribution in [0.1, 0.15) is 32.3 Å². The smallest absolute Gasteiger partial charge is 0.319 e. The number of hydrogen-bond donors (Lipinski definition) is 1. The summed E-state index contributed by atoms with van der Waals surface area (Å²) in [7, 11) is 0. The van der Waals surface area contributed by atoms with Crippen LogP contribution in [0.25, 0.3) is 0 Å². The number of benzene rings is 1. The first-order valence-electron chi connectivity index (χ1n) is 10.7. The molecule has 1 saturated carbocycles. The summed E-state index contributed by atoms with van der Waals surface area (Å²) >= 11 is 0. The molecule has 1 N–H and O–H groups in total. The van der Waals surface area contributed by atoms with E-state index in [4.69, 9.17) is 0 Å². The minimum absolute atomic E-state index is 0.125. The molecule has 6 nitrogen and oxygen atoms in total. The van der Waals surface area contributed by atoms with Crippen molar-refractivity contribution in [1.29, 1.82) is 0 Å². The highest BCUT2D eigenvalue weighted by Crippen LogP contribution is 2.49. The van der Waals surface area contributed by atoms with Gasteiger partial charge in [0.2, 0.25) is 11.8 Å². The Labute approximate surface area is 171 Å². The topological polar surface area (TPSA) is 69.7 Å². The Bertz CT molecular complexity index is 786. The van der Waals surface area contributed by atoms with Crippen molar-refractivity contribution >= 4 is 17.8 Å². The second kappa shape index (κ2) is 8.01. The molecule has 5 rings (SSSR count). The highest BCUT2D eigenvalue weighted by atomic mass is 16.2. The number of likely N-dealkylation sites (tertiary alicyclic amines) is 1. The van der Waals surface area contributed by atoms with Gasteiger partial charge in [0, 0.05) is 19.5 Å². The highest BCUT2D eigenvalue weighted by Gasteiger charge is 2.58. The Kier molecular flexibility index (Phi) is 5.43. The fraction of sp³-hybridized carbons (Fsp3) is 0.522. The average Bonchev–Trinajstić information content (AvgIpc) is 3.03. The fourth-order valence-corrected chi connectivity index (χ4v) is 5.19. The summed E-state index contributed by atoms with van der Waals surface area (Å²) in [6, 6.07) is 9.45. The van der Waals surface area contributed by atoms with E-state index in [0.29, 0.717) is 19.5 Å². The van der Waals surface area contributed by atoms with Crippen molar-refractivity contribution in [2.75, 3.05) is 13.1 Å². The molecule has 0 radical (unpaired) electrons. The summed E-state index contributed by atoms with van der Waals surface area (Å²) in [5, 5.41) is 2.98. The summed E-state index contributed by atoms with van der Waals surface area (Å²) in [5.74, 6) is -0.506. The number of fused-ring (bicyclic) bond motifs is 1. The molecule has 2 bridgehead atoms. The Morgan fingerprint density at radius 2 is 1.59 bits per heavy atom. The van der Waals surface area contributed by atoms with E-state index >= 15 is 0 Å². The zero-order valence-electron chi connectivity index (χ0n) is 17.1. The Balaban J connectivity index is 1.62. The largest absolute Gasteiger partial charge is 0.325 e. The van der Waals surface area contributed by atoms with E-state index < -0.39 is 6.17 Å². The molecule has 1 saturated heterocycles. The van der Waals surface area contributed by atoms with Gasteiger partial charge in [0.05, 0.1) is 11.8 Å². The predicted octanol–water partition coefficient (Wildman–Crippen LogP) is 2.80. The van der Waals surface area contributed by atoms with Crippen molar-refractivity contribution in [3.8, 4) is 0 Å². The van der Waals surface area contributed by atoms with Crippen LogP contribution in [0.5, 0.6) is 0 Å². The number of carbonyl (C=O) groups excluding carboxylic acids is 3. The highest BCUT2D eigenvalue weighted by molar-refractivity contribution is 6.06. The van der Waals surface area contributed by atoms with Crippen LogP contribution in [0.3, 0.4) is 0 Å². The summed E-state index contributed by atoms with van der Waals surface area (Å²) in [4.78, 5) is 42.6. The van der Waals surface area contributed by atoms with Crippen LogP contribution < -0.4 is 5.32 Å². The standard InChI is InChI=1S/C23H29N3O3/c1-3-25(4-2)23(29)24-18(14-15-8-6-5-7-9-15)26-21(27)19-16-10-11-17(13-12-16)20(19)22(26)28/h5-11,16-20H,3-4,12-14H2,1-2H3,(H,24,29)/t16-,17-,18+,19-,20+/m0/s1. The van der Waals surface area contributed by atoms with E-state index in [1.54, 1.807) is 4.90 Å².